The molecule has 4 rings (SSSR count). The van der Waals surface area contributed by atoms with E-state index in [1.165, 1.54) is 4.88 Å². The number of amides is 1. The zero-order valence-electron chi connectivity index (χ0n) is 16.0. The molecule has 0 aliphatic rings. The molecule has 1 heterocycles. The molecule has 3 nitrogen and oxygen atoms in total. The Kier molecular flexibility index (Phi) is 5.92. The van der Waals surface area contributed by atoms with Crippen LogP contribution in [0.1, 0.15) is 34.9 Å². The van der Waals surface area contributed by atoms with Gasteiger partial charge in [0, 0.05) is 16.9 Å². The molecule has 0 aliphatic heterocycles. The largest absolute Gasteiger partial charge is 0.508 e. The van der Waals surface area contributed by atoms with E-state index in [9.17, 15) is 9.90 Å². The first-order valence-corrected chi connectivity index (χ1v) is 10.7. The van der Waals surface area contributed by atoms with Gasteiger partial charge in [-0.25, -0.2) is 0 Å². The van der Waals surface area contributed by atoms with Crippen molar-refractivity contribution in [3.8, 4) is 5.75 Å². The molecule has 1 unspecified atom stereocenters. The Bertz CT molecular complexity index is 1090. The molecular weight excluding hydrogens is 378 g/mol. The number of thiophene rings is 1. The van der Waals surface area contributed by atoms with Gasteiger partial charge in [-0.1, -0.05) is 66.7 Å². The summed E-state index contributed by atoms with van der Waals surface area (Å²) >= 11 is 1.72. The van der Waals surface area contributed by atoms with Crippen molar-refractivity contribution in [1.82, 2.24) is 5.32 Å². The maximum atomic E-state index is 12.8. The van der Waals surface area contributed by atoms with Gasteiger partial charge in [0.15, 0.2) is 0 Å². The highest BCUT2D eigenvalue weighted by Crippen LogP contribution is 2.35. The maximum Gasteiger partial charge on any atom is 0.220 e. The van der Waals surface area contributed by atoms with Crippen LogP contribution in [0.2, 0.25) is 0 Å². The fraction of sp³-hybridized carbons (Fsp3) is 0.160. The number of phenols is 1. The van der Waals surface area contributed by atoms with Crippen LogP contribution in [0.5, 0.6) is 5.75 Å². The lowest BCUT2D eigenvalue weighted by molar-refractivity contribution is -0.121. The number of carbonyl (C=O) groups is 1. The van der Waals surface area contributed by atoms with Gasteiger partial charge in [0.05, 0.1) is 6.04 Å². The highest BCUT2D eigenvalue weighted by molar-refractivity contribution is 7.09. The number of aryl methyl sites for hydroxylation is 1. The number of aromatic hydroxyl groups is 1. The monoisotopic (exact) mass is 401 g/mol. The predicted octanol–water partition coefficient (Wildman–Crippen LogP) is 5.84. The number of carbonyl (C=O) groups excluding carboxylic acids is 1. The second-order valence-electron chi connectivity index (χ2n) is 7.06. The Labute approximate surface area is 174 Å². The van der Waals surface area contributed by atoms with Crippen molar-refractivity contribution >= 4 is 28.0 Å². The molecule has 3 aromatic carbocycles. The highest BCUT2D eigenvalue weighted by atomic mass is 32.1. The average Bonchev–Trinajstić information content (AvgIpc) is 3.27. The zero-order valence-corrected chi connectivity index (χ0v) is 16.9. The van der Waals surface area contributed by atoms with Crippen molar-refractivity contribution in [2.75, 3.05) is 0 Å². The van der Waals surface area contributed by atoms with Gasteiger partial charge >= 0.3 is 0 Å². The molecule has 0 radical (unpaired) electrons. The number of rotatable bonds is 7. The van der Waals surface area contributed by atoms with E-state index in [1.54, 1.807) is 17.4 Å². The van der Waals surface area contributed by atoms with Gasteiger partial charge in [0.25, 0.3) is 0 Å². The molecule has 0 spiro atoms. The second-order valence-corrected chi connectivity index (χ2v) is 8.10. The molecule has 29 heavy (non-hydrogen) atoms. The third-order valence-electron chi connectivity index (χ3n) is 5.08. The molecule has 0 aliphatic carbocycles. The Balaban J connectivity index is 1.61. The minimum absolute atomic E-state index is 0.0113. The van der Waals surface area contributed by atoms with E-state index in [2.05, 4.69) is 16.8 Å². The van der Waals surface area contributed by atoms with E-state index in [0.717, 1.165) is 34.7 Å². The van der Waals surface area contributed by atoms with E-state index < -0.39 is 6.04 Å². The van der Waals surface area contributed by atoms with Crippen molar-refractivity contribution in [2.24, 2.45) is 0 Å². The molecule has 0 saturated carbocycles. The minimum atomic E-state index is -0.406. The first kappa shape index (κ1) is 19.2. The number of phenolic OH excluding ortho intramolecular Hbond substituents is 1. The van der Waals surface area contributed by atoms with Crippen molar-refractivity contribution in [3.63, 3.8) is 0 Å². The third kappa shape index (κ3) is 4.49. The van der Waals surface area contributed by atoms with Crippen LogP contribution in [0.3, 0.4) is 0 Å². The van der Waals surface area contributed by atoms with Crippen LogP contribution in [-0.2, 0) is 11.2 Å². The first-order chi connectivity index (χ1) is 14.2. The van der Waals surface area contributed by atoms with E-state index in [-0.39, 0.29) is 11.7 Å². The van der Waals surface area contributed by atoms with Crippen molar-refractivity contribution in [3.05, 3.63) is 100 Å². The van der Waals surface area contributed by atoms with Gasteiger partial charge in [-0.15, -0.1) is 11.3 Å². The van der Waals surface area contributed by atoms with E-state index in [0.29, 0.717) is 6.42 Å². The predicted molar refractivity (Wildman–Crippen MR) is 119 cm³/mol. The van der Waals surface area contributed by atoms with Crippen LogP contribution < -0.4 is 5.32 Å². The summed E-state index contributed by atoms with van der Waals surface area (Å²) in [5.41, 5.74) is 1.69. The van der Waals surface area contributed by atoms with Crippen LogP contribution in [0, 0.1) is 0 Å². The van der Waals surface area contributed by atoms with Crippen molar-refractivity contribution in [1.29, 1.82) is 0 Å². The topological polar surface area (TPSA) is 49.3 Å². The minimum Gasteiger partial charge on any atom is -0.508 e. The SMILES string of the molecule is O=C(CCCc1cccs1)NC(c1ccccc1)c1c(O)ccc2ccccc12. The standard InChI is InChI=1S/C25H23NO2S/c27-22-16-15-18-8-4-5-13-21(18)24(22)25(19-9-2-1-3-10-19)26-23(28)14-6-11-20-12-7-17-29-20/h1-5,7-10,12-13,15-17,25,27H,6,11,14H2,(H,26,28). The van der Waals surface area contributed by atoms with Crippen LogP contribution in [0.4, 0.5) is 0 Å². The number of nitrogens with one attached hydrogen (secondary N) is 1. The molecule has 1 aromatic heterocycles. The summed E-state index contributed by atoms with van der Waals surface area (Å²) in [7, 11) is 0. The number of benzene rings is 3. The summed E-state index contributed by atoms with van der Waals surface area (Å²) in [6.45, 7) is 0. The Morgan fingerprint density at radius 3 is 2.52 bits per heavy atom. The van der Waals surface area contributed by atoms with Gasteiger partial charge in [-0.2, -0.15) is 0 Å². The quantitative estimate of drug-likeness (QED) is 0.409. The molecule has 1 amide bonds. The average molecular weight is 402 g/mol. The summed E-state index contributed by atoms with van der Waals surface area (Å²) in [5, 5.41) is 17.9. The molecule has 146 valence electrons. The highest BCUT2D eigenvalue weighted by Gasteiger charge is 2.22. The fourth-order valence-electron chi connectivity index (χ4n) is 3.67. The number of hydrogen-bond donors (Lipinski definition) is 2. The Morgan fingerprint density at radius 2 is 1.72 bits per heavy atom. The van der Waals surface area contributed by atoms with Crippen LogP contribution >= 0.6 is 11.3 Å². The van der Waals surface area contributed by atoms with Gasteiger partial charge in [-0.3, -0.25) is 4.79 Å². The summed E-state index contributed by atoms with van der Waals surface area (Å²) in [4.78, 5) is 14.1. The van der Waals surface area contributed by atoms with E-state index in [1.807, 2.05) is 66.7 Å². The summed E-state index contributed by atoms with van der Waals surface area (Å²) in [6.07, 6.45) is 2.16. The molecule has 0 bridgehead atoms. The smallest absolute Gasteiger partial charge is 0.220 e. The molecule has 0 fully saturated rings. The Morgan fingerprint density at radius 1 is 0.931 bits per heavy atom. The third-order valence-corrected chi connectivity index (χ3v) is 6.02. The van der Waals surface area contributed by atoms with Crippen LogP contribution in [0.15, 0.2) is 84.2 Å². The van der Waals surface area contributed by atoms with Gasteiger partial charge < -0.3 is 10.4 Å². The Hall–Kier alpha value is -3.11. The van der Waals surface area contributed by atoms with Crippen molar-refractivity contribution in [2.45, 2.75) is 25.3 Å². The summed E-state index contributed by atoms with van der Waals surface area (Å²) in [6, 6.07) is 25.1. The lowest BCUT2D eigenvalue weighted by Gasteiger charge is -2.22. The summed E-state index contributed by atoms with van der Waals surface area (Å²) < 4.78 is 0. The number of hydrogen-bond acceptors (Lipinski definition) is 3. The van der Waals surface area contributed by atoms with E-state index in [4.69, 9.17) is 0 Å². The van der Waals surface area contributed by atoms with Gasteiger partial charge in [-0.05, 0) is 46.7 Å². The van der Waals surface area contributed by atoms with E-state index >= 15 is 0 Å². The summed E-state index contributed by atoms with van der Waals surface area (Å²) in [5.74, 6) is 0.180. The van der Waals surface area contributed by atoms with Gasteiger partial charge in [0.2, 0.25) is 5.91 Å². The first-order valence-electron chi connectivity index (χ1n) is 9.79. The number of fused-ring (bicyclic) bond motifs is 1. The normalized spacial score (nSPS) is 12.0. The molecule has 4 aromatic rings. The lowest BCUT2D eigenvalue weighted by atomic mass is 9.92. The zero-order chi connectivity index (χ0) is 20.1. The van der Waals surface area contributed by atoms with Crippen molar-refractivity contribution < 1.29 is 9.90 Å². The van der Waals surface area contributed by atoms with Crippen LogP contribution in [-0.4, -0.2) is 11.0 Å². The molecular formula is C25H23NO2S. The maximum absolute atomic E-state index is 12.8. The second kappa shape index (κ2) is 8.93. The molecule has 2 N–H and O–H groups in total. The molecule has 4 heteroatoms. The van der Waals surface area contributed by atoms with Crippen LogP contribution in [0.25, 0.3) is 10.8 Å². The van der Waals surface area contributed by atoms with Gasteiger partial charge in [0.1, 0.15) is 5.75 Å². The fourth-order valence-corrected chi connectivity index (χ4v) is 4.42. The lowest BCUT2D eigenvalue weighted by Crippen LogP contribution is -2.29. The molecule has 1 atom stereocenters. The molecule has 0 saturated heterocycles.